The van der Waals surface area contributed by atoms with Crippen LogP contribution >= 0.6 is 0 Å². The molecular formula is C37H33N5O2. The Morgan fingerprint density at radius 1 is 0.864 bits per heavy atom. The second-order valence-corrected chi connectivity index (χ2v) is 10.7. The van der Waals surface area contributed by atoms with Crippen molar-refractivity contribution in [3.05, 3.63) is 161 Å². The van der Waals surface area contributed by atoms with E-state index in [1.54, 1.807) is 18.5 Å². The van der Waals surface area contributed by atoms with E-state index >= 15 is 0 Å². The average molecular weight is 580 g/mol. The molecule has 0 radical (unpaired) electrons. The molecule has 2 aromatic carbocycles. The number of fused-ring (bicyclic) bond motifs is 1. The highest BCUT2D eigenvalue weighted by atomic mass is 16.5. The summed E-state index contributed by atoms with van der Waals surface area (Å²) in [6.45, 7) is 5.69. The van der Waals surface area contributed by atoms with Crippen LogP contribution in [-0.4, -0.2) is 30.1 Å². The second kappa shape index (κ2) is 13.2. The third kappa shape index (κ3) is 6.90. The number of carbonyl (C=O) groups excluding carboxylic acids is 1. The fourth-order valence-corrected chi connectivity index (χ4v) is 5.07. The van der Waals surface area contributed by atoms with E-state index in [9.17, 15) is 4.79 Å². The van der Waals surface area contributed by atoms with E-state index in [2.05, 4.69) is 68.5 Å². The van der Waals surface area contributed by atoms with Crippen molar-refractivity contribution in [2.45, 2.75) is 33.5 Å². The van der Waals surface area contributed by atoms with Gasteiger partial charge in [0.15, 0.2) is 0 Å². The minimum Gasteiger partial charge on any atom is -0.458 e. The fourth-order valence-electron chi connectivity index (χ4n) is 5.07. The fraction of sp³-hybridized carbons (Fsp3) is 0.135. The SMILES string of the molecule is Cc1ccc(/C(=C\Cn2cccc2)c2cccc(/C=C/C(=O)OCc3ccc(Cn4c(C)nc5cnccc54)cc3)n2)cc1. The monoisotopic (exact) mass is 579 g/mol. The van der Waals surface area contributed by atoms with E-state index in [0.717, 1.165) is 51.4 Å². The molecule has 0 spiro atoms. The maximum atomic E-state index is 12.6. The normalized spacial score (nSPS) is 11.8. The molecule has 6 rings (SSSR count). The first-order valence-electron chi connectivity index (χ1n) is 14.6. The van der Waals surface area contributed by atoms with E-state index < -0.39 is 5.97 Å². The molecule has 0 atom stereocenters. The van der Waals surface area contributed by atoms with Gasteiger partial charge in [0, 0.05) is 43.3 Å². The minimum absolute atomic E-state index is 0.190. The Hall–Kier alpha value is -5.56. The third-order valence-electron chi connectivity index (χ3n) is 7.46. The highest BCUT2D eigenvalue weighted by molar-refractivity contribution is 5.87. The summed E-state index contributed by atoms with van der Waals surface area (Å²) in [6, 6.07) is 28.4. The lowest BCUT2D eigenvalue weighted by atomic mass is 10.00. The largest absolute Gasteiger partial charge is 0.458 e. The molecule has 0 N–H and O–H groups in total. The van der Waals surface area contributed by atoms with Crippen LogP contribution in [0.4, 0.5) is 0 Å². The van der Waals surface area contributed by atoms with Gasteiger partial charge in [-0.3, -0.25) is 4.98 Å². The van der Waals surface area contributed by atoms with Crippen LogP contribution in [0.15, 0.2) is 122 Å². The molecule has 0 bridgehead atoms. The Balaban J connectivity index is 1.09. The number of imidazole rings is 1. The van der Waals surface area contributed by atoms with Crippen molar-refractivity contribution in [3.8, 4) is 0 Å². The maximum absolute atomic E-state index is 12.6. The van der Waals surface area contributed by atoms with Crippen molar-refractivity contribution in [2.75, 3.05) is 0 Å². The zero-order valence-electron chi connectivity index (χ0n) is 24.8. The molecule has 0 aliphatic carbocycles. The number of nitrogens with zero attached hydrogens (tertiary/aromatic N) is 5. The van der Waals surface area contributed by atoms with Crippen LogP contribution in [0, 0.1) is 13.8 Å². The van der Waals surface area contributed by atoms with Crippen molar-refractivity contribution in [3.63, 3.8) is 0 Å². The first kappa shape index (κ1) is 28.6. The second-order valence-electron chi connectivity index (χ2n) is 10.7. The lowest BCUT2D eigenvalue weighted by Gasteiger charge is -2.10. The number of benzene rings is 2. The summed E-state index contributed by atoms with van der Waals surface area (Å²) in [6.07, 6.45) is 12.9. The van der Waals surface area contributed by atoms with Crippen molar-refractivity contribution < 1.29 is 9.53 Å². The lowest BCUT2D eigenvalue weighted by molar-refractivity contribution is -0.138. The van der Waals surface area contributed by atoms with Gasteiger partial charge in [-0.1, -0.05) is 66.2 Å². The molecule has 7 nitrogen and oxygen atoms in total. The number of esters is 1. The van der Waals surface area contributed by atoms with Gasteiger partial charge in [0.25, 0.3) is 0 Å². The van der Waals surface area contributed by atoms with Crippen molar-refractivity contribution in [1.82, 2.24) is 24.1 Å². The highest BCUT2D eigenvalue weighted by Gasteiger charge is 2.09. The first-order chi connectivity index (χ1) is 21.5. The molecule has 4 aromatic heterocycles. The minimum atomic E-state index is -0.419. The summed E-state index contributed by atoms with van der Waals surface area (Å²) in [7, 11) is 0. The van der Waals surface area contributed by atoms with Gasteiger partial charge < -0.3 is 13.9 Å². The topological polar surface area (TPSA) is 74.8 Å². The number of pyridine rings is 2. The predicted octanol–water partition coefficient (Wildman–Crippen LogP) is 7.18. The van der Waals surface area contributed by atoms with Gasteiger partial charge in [-0.25, -0.2) is 14.8 Å². The summed E-state index contributed by atoms with van der Waals surface area (Å²) in [5, 5.41) is 0. The summed E-state index contributed by atoms with van der Waals surface area (Å²) in [5.74, 6) is 0.523. The van der Waals surface area contributed by atoms with Gasteiger partial charge in [-0.15, -0.1) is 0 Å². The smallest absolute Gasteiger partial charge is 0.331 e. The maximum Gasteiger partial charge on any atom is 0.331 e. The van der Waals surface area contributed by atoms with Crippen LogP contribution in [0.5, 0.6) is 0 Å². The molecule has 0 unspecified atom stereocenters. The van der Waals surface area contributed by atoms with Crippen LogP contribution in [0.1, 0.15) is 39.5 Å². The summed E-state index contributed by atoms with van der Waals surface area (Å²) in [4.78, 5) is 26.2. The molecule has 0 aliphatic rings. The number of aryl methyl sites for hydroxylation is 2. The van der Waals surface area contributed by atoms with E-state index in [1.165, 1.54) is 11.6 Å². The van der Waals surface area contributed by atoms with Crippen molar-refractivity contribution in [1.29, 1.82) is 0 Å². The first-order valence-corrected chi connectivity index (χ1v) is 14.6. The van der Waals surface area contributed by atoms with E-state index in [0.29, 0.717) is 12.2 Å². The molecular weight excluding hydrogens is 546 g/mol. The lowest BCUT2D eigenvalue weighted by Crippen LogP contribution is -2.03. The van der Waals surface area contributed by atoms with Crippen molar-refractivity contribution in [2.24, 2.45) is 0 Å². The molecule has 218 valence electrons. The van der Waals surface area contributed by atoms with Crippen LogP contribution in [0.25, 0.3) is 22.7 Å². The van der Waals surface area contributed by atoms with Crippen LogP contribution < -0.4 is 0 Å². The highest BCUT2D eigenvalue weighted by Crippen LogP contribution is 2.23. The average Bonchev–Trinajstić information content (AvgIpc) is 3.68. The number of rotatable bonds is 10. The molecule has 44 heavy (non-hydrogen) atoms. The van der Waals surface area contributed by atoms with Crippen LogP contribution in [0.3, 0.4) is 0 Å². The van der Waals surface area contributed by atoms with Crippen molar-refractivity contribution >= 4 is 28.7 Å². The number of hydrogen-bond acceptors (Lipinski definition) is 5. The quantitative estimate of drug-likeness (QED) is 0.127. The number of carbonyl (C=O) groups is 1. The van der Waals surface area contributed by atoms with E-state index in [-0.39, 0.29) is 6.61 Å². The van der Waals surface area contributed by atoms with E-state index in [1.807, 2.05) is 67.8 Å². The number of allylic oxidation sites excluding steroid dienone is 1. The molecule has 0 amide bonds. The van der Waals surface area contributed by atoms with Gasteiger partial charge in [-0.2, -0.15) is 0 Å². The number of hydrogen-bond donors (Lipinski definition) is 0. The third-order valence-corrected chi connectivity index (χ3v) is 7.46. The molecule has 4 heterocycles. The summed E-state index contributed by atoms with van der Waals surface area (Å²) in [5.41, 5.74) is 8.85. The predicted molar refractivity (Wildman–Crippen MR) is 174 cm³/mol. The molecule has 0 saturated carbocycles. The van der Waals surface area contributed by atoms with Gasteiger partial charge >= 0.3 is 5.97 Å². The molecule has 7 heteroatoms. The standard InChI is InChI=1S/C37H33N5O2/c1-27-8-14-31(15-9-27)33(19-23-41-21-3-4-22-41)34-7-5-6-32(40-34)16-17-37(43)44-26-30-12-10-29(11-13-30)25-42-28(2)39-35-24-38-20-18-36(35)42/h3-22,24H,23,25-26H2,1-2H3/b17-16+,33-19+. The number of ether oxygens (including phenoxy) is 1. The Morgan fingerprint density at radius 2 is 1.64 bits per heavy atom. The van der Waals surface area contributed by atoms with Gasteiger partial charge in [-0.05, 0) is 66.9 Å². The zero-order chi connectivity index (χ0) is 30.3. The Bertz CT molecular complexity index is 1930. The van der Waals surface area contributed by atoms with Crippen LogP contribution in [-0.2, 0) is 29.2 Å². The Labute approximate surface area is 256 Å². The molecule has 0 fully saturated rings. The van der Waals surface area contributed by atoms with Crippen LogP contribution in [0.2, 0.25) is 0 Å². The zero-order valence-corrected chi connectivity index (χ0v) is 24.8. The van der Waals surface area contributed by atoms with Gasteiger partial charge in [0.05, 0.1) is 23.1 Å². The molecule has 0 aliphatic heterocycles. The summed E-state index contributed by atoms with van der Waals surface area (Å²) >= 11 is 0. The van der Waals surface area contributed by atoms with Gasteiger partial charge in [0.1, 0.15) is 17.9 Å². The van der Waals surface area contributed by atoms with Gasteiger partial charge in [0.2, 0.25) is 0 Å². The summed E-state index contributed by atoms with van der Waals surface area (Å²) < 4.78 is 9.80. The number of aromatic nitrogens is 5. The molecule has 6 aromatic rings. The molecule has 0 saturated heterocycles. The Morgan fingerprint density at radius 3 is 2.43 bits per heavy atom. The Kier molecular flexibility index (Phi) is 8.55. The van der Waals surface area contributed by atoms with E-state index in [4.69, 9.17) is 9.72 Å².